The van der Waals surface area contributed by atoms with Gasteiger partial charge in [0.15, 0.2) is 0 Å². The fourth-order valence-electron chi connectivity index (χ4n) is 3.42. The number of hydrogen-bond donors (Lipinski definition) is 1. The van der Waals surface area contributed by atoms with Crippen LogP contribution < -0.4 is 10.2 Å². The molecule has 5 heteroatoms. The Kier molecular flexibility index (Phi) is 5.68. The van der Waals surface area contributed by atoms with Crippen molar-refractivity contribution in [1.29, 1.82) is 0 Å². The van der Waals surface area contributed by atoms with Crippen molar-refractivity contribution in [2.75, 3.05) is 18.0 Å². The predicted octanol–water partition coefficient (Wildman–Crippen LogP) is 4.42. The summed E-state index contributed by atoms with van der Waals surface area (Å²) in [4.78, 5) is 18.7. The topological polar surface area (TPSA) is 54.5 Å². The number of rotatable bonds is 3. The number of amides is 1. The molecule has 0 saturated carbocycles. The molecular formula is C22H28N3O2. The number of nitrogens with one attached hydrogen (secondary N) is 1. The van der Waals surface area contributed by atoms with Crippen LogP contribution in [0.5, 0.6) is 0 Å². The van der Waals surface area contributed by atoms with Gasteiger partial charge in [-0.1, -0.05) is 30.3 Å². The van der Waals surface area contributed by atoms with Crippen molar-refractivity contribution in [3.63, 3.8) is 0 Å². The van der Waals surface area contributed by atoms with Crippen LogP contribution in [0.1, 0.15) is 39.2 Å². The minimum Gasteiger partial charge on any atom is -0.444 e. The van der Waals surface area contributed by atoms with E-state index in [-0.39, 0.29) is 12.1 Å². The molecule has 0 unspecified atom stereocenters. The molecule has 0 aliphatic carbocycles. The maximum Gasteiger partial charge on any atom is 0.407 e. The highest BCUT2D eigenvalue weighted by atomic mass is 16.6. The summed E-state index contributed by atoms with van der Waals surface area (Å²) < 4.78 is 5.37. The van der Waals surface area contributed by atoms with E-state index in [2.05, 4.69) is 34.3 Å². The van der Waals surface area contributed by atoms with E-state index in [1.54, 1.807) is 0 Å². The van der Waals surface area contributed by atoms with E-state index in [1.807, 2.05) is 51.4 Å². The lowest BCUT2D eigenvalue weighted by Gasteiger charge is -2.36. The van der Waals surface area contributed by atoms with Crippen molar-refractivity contribution in [2.45, 2.75) is 45.3 Å². The number of pyridine rings is 1. The normalized spacial score (nSPS) is 15.5. The van der Waals surface area contributed by atoms with Crippen LogP contribution in [-0.2, 0) is 4.74 Å². The second-order valence-corrected chi connectivity index (χ2v) is 7.97. The molecule has 5 nitrogen and oxygen atoms in total. The van der Waals surface area contributed by atoms with Gasteiger partial charge >= 0.3 is 6.09 Å². The summed E-state index contributed by atoms with van der Waals surface area (Å²) in [5, 5.41) is 2.99. The average molecular weight is 366 g/mol. The van der Waals surface area contributed by atoms with Gasteiger partial charge in [-0.05, 0) is 51.7 Å². The smallest absolute Gasteiger partial charge is 0.407 e. The largest absolute Gasteiger partial charge is 0.444 e. The van der Waals surface area contributed by atoms with Gasteiger partial charge < -0.3 is 15.0 Å². The number of benzene rings is 1. The van der Waals surface area contributed by atoms with Crippen molar-refractivity contribution < 1.29 is 9.53 Å². The van der Waals surface area contributed by atoms with Gasteiger partial charge in [0, 0.05) is 37.1 Å². The molecule has 2 heterocycles. The molecule has 0 bridgehead atoms. The first-order valence-corrected chi connectivity index (χ1v) is 9.43. The molecule has 1 fully saturated rings. The Morgan fingerprint density at radius 1 is 1.19 bits per heavy atom. The summed E-state index contributed by atoms with van der Waals surface area (Å²) in [6, 6.07) is 10.4. The summed E-state index contributed by atoms with van der Waals surface area (Å²) in [5.74, 6) is 0. The number of piperidine rings is 1. The fraction of sp³-hybridized carbons (Fsp3) is 0.409. The van der Waals surface area contributed by atoms with E-state index in [0.717, 1.165) is 48.3 Å². The highest BCUT2D eigenvalue weighted by Crippen LogP contribution is 2.34. The standard InChI is InChI=1S/C22H28N3O2/c1-16-14-23-15-19(17-8-6-5-7-9-17)20(16)25-12-10-18(11-13-25)24-21(26)27-22(2,3)4/h5-9,14-15,18H,1,10-13H2,2-4H3,(H,24,26). The number of nitrogens with zero attached hydrogens (tertiary/aromatic N) is 2. The summed E-state index contributed by atoms with van der Waals surface area (Å²) in [6.45, 7) is 11.5. The van der Waals surface area contributed by atoms with Gasteiger partial charge in [-0.2, -0.15) is 0 Å². The number of carbonyl (C=O) groups excluding carboxylic acids is 1. The number of hydrogen-bond acceptors (Lipinski definition) is 4. The SMILES string of the molecule is [CH2]c1cncc(-c2ccccc2)c1N1CCC(NC(=O)OC(C)(C)C)CC1. The molecule has 0 spiro atoms. The number of aromatic nitrogens is 1. The minimum atomic E-state index is -0.477. The molecule has 1 aromatic heterocycles. The third-order valence-electron chi connectivity index (χ3n) is 4.61. The van der Waals surface area contributed by atoms with E-state index in [4.69, 9.17) is 4.74 Å². The van der Waals surface area contributed by atoms with E-state index in [9.17, 15) is 4.79 Å². The van der Waals surface area contributed by atoms with Crippen molar-refractivity contribution in [2.24, 2.45) is 0 Å². The first kappa shape index (κ1) is 19.2. The lowest BCUT2D eigenvalue weighted by molar-refractivity contribution is 0.0497. The zero-order chi connectivity index (χ0) is 19.4. The van der Waals surface area contributed by atoms with Crippen molar-refractivity contribution in [1.82, 2.24) is 10.3 Å². The van der Waals surface area contributed by atoms with Crippen LogP contribution in [-0.4, -0.2) is 35.8 Å². The Morgan fingerprint density at radius 3 is 2.48 bits per heavy atom. The number of carbonyl (C=O) groups is 1. The second-order valence-electron chi connectivity index (χ2n) is 7.97. The number of anilines is 1. The summed E-state index contributed by atoms with van der Waals surface area (Å²) in [7, 11) is 0. The molecule has 1 radical (unpaired) electrons. The van der Waals surface area contributed by atoms with Crippen molar-refractivity contribution in [3.8, 4) is 11.1 Å². The van der Waals surface area contributed by atoms with Gasteiger partial charge in [0.05, 0.1) is 5.69 Å². The molecular weight excluding hydrogens is 338 g/mol. The van der Waals surface area contributed by atoms with Gasteiger partial charge in [-0.3, -0.25) is 4.98 Å². The molecule has 1 aliphatic heterocycles. The Morgan fingerprint density at radius 2 is 1.85 bits per heavy atom. The van der Waals surface area contributed by atoms with E-state index >= 15 is 0 Å². The molecule has 143 valence electrons. The quantitative estimate of drug-likeness (QED) is 0.873. The number of alkyl carbamates (subject to hydrolysis) is 1. The molecule has 0 atom stereocenters. The maximum absolute atomic E-state index is 12.0. The number of ether oxygens (including phenoxy) is 1. The lowest BCUT2D eigenvalue weighted by atomic mass is 9.99. The lowest BCUT2D eigenvalue weighted by Crippen LogP contribution is -2.46. The summed E-state index contributed by atoms with van der Waals surface area (Å²) >= 11 is 0. The van der Waals surface area contributed by atoms with Crippen molar-refractivity contribution in [3.05, 3.63) is 55.2 Å². The Bertz CT molecular complexity index is 776. The Hall–Kier alpha value is -2.56. The predicted molar refractivity (Wildman–Crippen MR) is 109 cm³/mol. The Balaban J connectivity index is 1.69. The molecule has 1 aliphatic rings. The van der Waals surface area contributed by atoms with Crippen LogP contribution in [0.25, 0.3) is 11.1 Å². The molecule has 1 aromatic carbocycles. The summed E-state index contributed by atoms with van der Waals surface area (Å²) in [5.41, 5.74) is 3.82. The first-order valence-electron chi connectivity index (χ1n) is 9.43. The van der Waals surface area contributed by atoms with E-state index in [0.29, 0.717) is 0 Å². The van der Waals surface area contributed by atoms with Gasteiger partial charge in [-0.25, -0.2) is 4.79 Å². The van der Waals surface area contributed by atoms with Gasteiger partial charge in [0.2, 0.25) is 0 Å². The minimum absolute atomic E-state index is 0.131. The molecule has 27 heavy (non-hydrogen) atoms. The van der Waals surface area contributed by atoms with Crippen LogP contribution in [0.2, 0.25) is 0 Å². The third kappa shape index (κ3) is 5.00. The highest BCUT2D eigenvalue weighted by Gasteiger charge is 2.25. The second kappa shape index (κ2) is 7.99. The van der Waals surface area contributed by atoms with Gasteiger partial charge in [-0.15, -0.1) is 0 Å². The van der Waals surface area contributed by atoms with Crippen LogP contribution in [0.3, 0.4) is 0 Å². The molecule has 1 saturated heterocycles. The Labute approximate surface area is 161 Å². The van der Waals surface area contributed by atoms with Crippen LogP contribution >= 0.6 is 0 Å². The molecule has 2 aromatic rings. The van der Waals surface area contributed by atoms with Crippen molar-refractivity contribution >= 4 is 11.8 Å². The molecule has 3 rings (SSSR count). The van der Waals surface area contributed by atoms with E-state index in [1.165, 1.54) is 0 Å². The van der Waals surface area contributed by atoms with Crippen LogP contribution in [0, 0.1) is 6.92 Å². The highest BCUT2D eigenvalue weighted by molar-refractivity contribution is 5.80. The van der Waals surface area contributed by atoms with Crippen LogP contribution in [0.15, 0.2) is 42.7 Å². The van der Waals surface area contributed by atoms with Gasteiger partial charge in [0.25, 0.3) is 0 Å². The summed E-state index contributed by atoms with van der Waals surface area (Å²) in [6.07, 6.45) is 5.12. The monoisotopic (exact) mass is 366 g/mol. The zero-order valence-electron chi connectivity index (χ0n) is 16.4. The maximum atomic E-state index is 12.0. The molecule has 1 amide bonds. The van der Waals surface area contributed by atoms with Crippen LogP contribution in [0.4, 0.5) is 10.5 Å². The average Bonchev–Trinajstić information content (AvgIpc) is 2.61. The third-order valence-corrected chi connectivity index (χ3v) is 4.61. The molecule has 1 N–H and O–H groups in total. The first-order chi connectivity index (χ1) is 12.8. The van der Waals surface area contributed by atoms with E-state index < -0.39 is 5.60 Å². The fourth-order valence-corrected chi connectivity index (χ4v) is 3.42. The zero-order valence-corrected chi connectivity index (χ0v) is 16.4. The van der Waals surface area contributed by atoms with Gasteiger partial charge in [0.1, 0.15) is 5.60 Å².